The highest BCUT2D eigenvalue weighted by Crippen LogP contribution is 2.25. The van der Waals surface area contributed by atoms with Crippen molar-refractivity contribution in [2.75, 3.05) is 19.8 Å². The number of rotatable bonds is 7. The molecule has 1 saturated heterocycles. The van der Waals surface area contributed by atoms with Crippen LogP contribution in [0.1, 0.15) is 31.7 Å². The molecule has 4 atom stereocenters. The second-order valence-corrected chi connectivity index (χ2v) is 7.12. The normalized spacial score (nSPS) is 26.8. The van der Waals surface area contributed by atoms with Crippen LogP contribution in [0.3, 0.4) is 0 Å². The van der Waals surface area contributed by atoms with E-state index in [-0.39, 0.29) is 25.6 Å². The molecule has 1 aliphatic rings. The summed E-state index contributed by atoms with van der Waals surface area (Å²) in [6.07, 6.45) is -5.04. The van der Waals surface area contributed by atoms with E-state index >= 15 is 0 Å². The van der Waals surface area contributed by atoms with E-state index in [0.29, 0.717) is 13.0 Å². The van der Waals surface area contributed by atoms with Gasteiger partial charge in [0.25, 0.3) is 0 Å². The van der Waals surface area contributed by atoms with Gasteiger partial charge in [-0.15, -0.1) is 0 Å². The zero-order valence-electron chi connectivity index (χ0n) is 16.0. The van der Waals surface area contributed by atoms with Crippen LogP contribution in [0.5, 0.6) is 0 Å². The van der Waals surface area contributed by atoms with Crippen molar-refractivity contribution in [2.45, 2.75) is 57.0 Å². The Morgan fingerprint density at radius 2 is 1.93 bits per heavy atom. The van der Waals surface area contributed by atoms with Crippen molar-refractivity contribution < 1.29 is 32.2 Å². The van der Waals surface area contributed by atoms with Crippen LogP contribution in [-0.4, -0.2) is 50.2 Å². The molecule has 0 aliphatic carbocycles. The van der Waals surface area contributed by atoms with Crippen LogP contribution in [0.15, 0.2) is 30.3 Å². The van der Waals surface area contributed by atoms with Gasteiger partial charge in [-0.25, -0.2) is 0 Å². The summed E-state index contributed by atoms with van der Waals surface area (Å²) < 4.78 is 53.9. The molecule has 1 aliphatic heterocycles. The highest BCUT2D eigenvalue weighted by atomic mass is 19.4. The molecular formula is C20H28F3NO4. The van der Waals surface area contributed by atoms with Crippen molar-refractivity contribution >= 4 is 5.97 Å². The topological polar surface area (TPSA) is 70.8 Å². The van der Waals surface area contributed by atoms with Crippen molar-refractivity contribution in [3.05, 3.63) is 35.9 Å². The molecule has 0 bridgehead atoms. The van der Waals surface area contributed by atoms with Gasteiger partial charge in [0.1, 0.15) is 12.1 Å². The Kier molecular flexibility index (Phi) is 8.72. The highest BCUT2D eigenvalue weighted by Gasteiger charge is 2.34. The Labute approximate surface area is 163 Å². The van der Waals surface area contributed by atoms with Crippen LogP contribution >= 0.6 is 0 Å². The van der Waals surface area contributed by atoms with Gasteiger partial charge in [-0.3, -0.25) is 4.79 Å². The third kappa shape index (κ3) is 7.77. The summed E-state index contributed by atoms with van der Waals surface area (Å²) in [5.41, 5.74) is 6.88. The minimum Gasteiger partial charge on any atom is -0.459 e. The van der Waals surface area contributed by atoms with Gasteiger partial charge in [0.05, 0.1) is 19.3 Å². The largest absolute Gasteiger partial charge is 0.459 e. The zero-order valence-corrected chi connectivity index (χ0v) is 16.0. The van der Waals surface area contributed by atoms with Gasteiger partial charge in [0.15, 0.2) is 0 Å². The van der Waals surface area contributed by atoms with E-state index in [4.69, 9.17) is 19.9 Å². The average molecular weight is 403 g/mol. The number of carbonyl (C=O) groups excluding carboxylic acids is 1. The predicted molar refractivity (Wildman–Crippen MR) is 97.6 cm³/mol. The lowest BCUT2D eigenvalue weighted by molar-refractivity contribution is -0.161. The van der Waals surface area contributed by atoms with E-state index < -0.39 is 36.8 Å². The smallest absolute Gasteiger partial charge is 0.389 e. The standard InChI is InChI=1S/C20H28F3NO4/c1-14-18(27-11-5-10-20(21,22)23)16(9-8-15-6-3-2-4-7-15)12-26-13-17(24)19(25)28-14/h2-4,6-7,14,16-18H,5,8-13,24H2,1H3/t14-,16-,17-,18-/m0/s1. The Bertz CT molecular complexity index is 597. The van der Waals surface area contributed by atoms with Gasteiger partial charge in [-0.1, -0.05) is 30.3 Å². The van der Waals surface area contributed by atoms with Crippen LogP contribution in [0, 0.1) is 5.92 Å². The maximum atomic E-state index is 12.4. The fraction of sp³-hybridized carbons (Fsp3) is 0.650. The van der Waals surface area contributed by atoms with E-state index in [1.165, 1.54) is 0 Å². The Morgan fingerprint density at radius 3 is 2.61 bits per heavy atom. The van der Waals surface area contributed by atoms with Crippen molar-refractivity contribution in [2.24, 2.45) is 11.7 Å². The lowest BCUT2D eigenvalue weighted by atomic mass is 9.92. The number of cyclic esters (lactones) is 1. The van der Waals surface area contributed by atoms with Crippen molar-refractivity contribution in [1.29, 1.82) is 0 Å². The van der Waals surface area contributed by atoms with E-state index in [1.54, 1.807) is 6.92 Å². The molecule has 0 radical (unpaired) electrons. The first kappa shape index (κ1) is 22.6. The molecule has 8 heteroatoms. The number of halogens is 3. The Hall–Kier alpha value is -1.64. The number of nitrogens with two attached hydrogens (primary N) is 1. The summed E-state index contributed by atoms with van der Waals surface area (Å²) >= 11 is 0. The Morgan fingerprint density at radius 1 is 1.21 bits per heavy atom. The predicted octanol–water partition coefficient (Wildman–Crippen LogP) is 3.25. The van der Waals surface area contributed by atoms with Crippen molar-refractivity contribution in [3.63, 3.8) is 0 Å². The molecule has 1 aromatic carbocycles. The molecule has 2 rings (SSSR count). The number of aryl methyl sites for hydroxylation is 1. The summed E-state index contributed by atoms with van der Waals surface area (Å²) in [6, 6.07) is 8.96. The number of hydrogen-bond donors (Lipinski definition) is 1. The number of ether oxygens (including phenoxy) is 3. The van der Waals surface area contributed by atoms with Gasteiger partial charge < -0.3 is 19.9 Å². The molecule has 0 saturated carbocycles. The van der Waals surface area contributed by atoms with Crippen LogP contribution in [0.25, 0.3) is 0 Å². The summed E-state index contributed by atoms with van der Waals surface area (Å²) in [5, 5.41) is 0. The van der Waals surface area contributed by atoms with Crippen molar-refractivity contribution in [3.8, 4) is 0 Å². The molecule has 0 unspecified atom stereocenters. The molecule has 2 N–H and O–H groups in total. The lowest BCUT2D eigenvalue weighted by Gasteiger charge is -2.31. The first-order valence-electron chi connectivity index (χ1n) is 9.52. The average Bonchev–Trinajstić information content (AvgIpc) is 2.68. The molecule has 158 valence electrons. The SMILES string of the molecule is C[C@@H]1OC(=O)[C@@H](N)COC[C@H](CCc2ccccc2)[C@H]1OCCCC(F)(F)F. The first-order chi connectivity index (χ1) is 13.3. The summed E-state index contributed by atoms with van der Waals surface area (Å²) in [4.78, 5) is 12.0. The monoisotopic (exact) mass is 403 g/mol. The van der Waals surface area contributed by atoms with Crippen LogP contribution < -0.4 is 5.73 Å². The van der Waals surface area contributed by atoms with E-state index in [2.05, 4.69) is 0 Å². The maximum absolute atomic E-state index is 12.4. The molecular weight excluding hydrogens is 375 g/mol. The maximum Gasteiger partial charge on any atom is 0.389 e. The van der Waals surface area contributed by atoms with Crippen LogP contribution in [0.4, 0.5) is 13.2 Å². The van der Waals surface area contributed by atoms with Gasteiger partial charge in [0, 0.05) is 18.9 Å². The number of esters is 1. The minimum absolute atomic E-state index is 0.0359. The van der Waals surface area contributed by atoms with E-state index in [0.717, 1.165) is 12.0 Å². The lowest BCUT2D eigenvalue weighted by Crippen LogP contribution is -2.41. The van der Waals surface area contributed by atoms with Gasteiger partial charge in [0.2, 0.25) is 0 Å². The molecule has 0 aromatic heterocycles. The van der Waals surface area contributed by atoms with Crippen LogP contribution in [-0.2, 0) is 25.4 Å². The quantitative estimate of drug-likeness (QED) is 0.559. The van der Waals surface area contributed by atoms with Gasteiger partial charge in [-0.05, 0) is 31.7 Å². The second-order valence-electron chi connectivity index (χ2n) is 7.12. The van der Waals surface area contributed by atoms with E-state index in [1.807, 2.05) is 30.3 Å². The number of alkyl halides is 3. The highest BCUT2D eigenvalue weighted by molar-refractivity contribution is 5.75. The number of hydrogen-bond acceptors (Lipinski definition) is 5. The van der Waals surface area contributed by atoms with Crippen molar-refractivity contribution in [1.82, 2.24) is 0 Å². The zero-order chi connectivity index (χ0) is 20.6. The summed E-state index contributed by atoms with van der Waals surface area (Å²) in [7, 11) is 0. The molecule has 0 amide bonds. The van der Waals surface area contributed by atoms with Crippen LogP contribution in [0.2, 0.25) is 0 Å². The molecule has 5 nitrogen and oxygen atoms in total. The number of carbonyl (C=O) groups is 1. The van der Waals surface area contributed by atoms with Gasteiger partial charge >= 0.3 is 12.1 Å². The molecule has 1 heterocycles. The molecule has 1 fully saturated rings. The third-order valence-electron chi connectivity index (χ3n) is 4.72. The number of benzene rings is 1. The van der Waals surface area contributed by atoms with E-state index in [9.17, 15) is 18.0 Å². The first-order valence-corrected chi connectivity index (χ1v) is 9.52. The Balaban J connectivity index is 2.04. The molecule has 1 aromatic rings. The third-order valence-corrected chi connectivity index (χ3v) is 4.72. The van der Waals surface area contributed by atoms with Gasteiger partial charge in [-0.2, -0.15) is 13.2 Å². The minimum atomic E-state index is -4.22. The second kappa shape index (κ2) is 10.8. The summed E-state index contributed by atoms with van der Waals surface area (Å²) in [6.45, 7) is 1.94. The molecule has 28 heavy (non-hydrogen) atoms. The fourth-order valence-electron chi connectivity index (χ4n) is 3.24. The molecule has 0 spiro atoms. The fourth-order valence-corrected chi connectivity index (χ4v) is 3.24. The summed E-state index contributed by atoms with van der Waals surface area (Å²) in [5.74, 6) is -0.737.